The fourth-order valence-electron chi connectivity index (χ4n) is 1.94. The molecule has 2 aliphatic heterocycles. The SMILES string of the molecule is CC1CN(C2CN(C)C2)C1. The van der Waals surface area contributed by atoms with Crippen LogP contribution in [0.15, 0.2) is 0 Å². The van der Waals surface area contributed by atoms with E-state index in [9.17, 15) is 0 Å². The van der Waals surface area contributed by atoms with Gasteiger partial charge in [0.05, 0.1) is 0 Å². The van der Waals surface area contributed by atoms with Crippen molar-refractivity contribution in [3.63, 3.8) is 0 Å². The van der Waals surface area contributed by atoms with Gasteiger partial charge in [0.15, 0.2) is 0 Å². The second-order valence-corrected chi connectivity index (χ2v) is 3.93. The lowest BCUT2D eigenvalue weighted by molar-refractivity contribution is -0.0150. The first-order valence-electron chi connectivity index (χ1n) is 4.18. The van der Waals surface area contributed by atoms with Gasteiger partial charge in [-0.1, -0.05) is 6.92 Å². The Balaban J connectivity index is 1.72. The van der Waals surface area contributed by atoms with Crippen LogP contribution in [-0.4, -0.2) is 49.1 Å². The molecule has 2 aliphatic rings. The van der Waals surface area contributed by atoms with Gasteiger partial charge in [0.25, 0.3) is 0 Å². The molecular weight excluding hydrogens is 124 g/mol. The van der Waals surface area contributed by atoms with Crippen molar-refractivity contribution in [1.82, 2.24) is 9.80 Å². The van der Waals surface area contributed by atoms with Crippen molar-refractivity contribution in [1.29, 1.82) is 0 Å². The number of likely N-dealkylation sites (tertiary alicyclic amines) is 2. The van der Waals surface area contributed by atoms with Crippen LogP contribution in [0.2, 0.25) is 0 Å². The second-order valence-electron chi connectivity index (χ2n) is 3.93. The maximum Gasteiger partial charge on any atom is 0.0350 e. The molecule has 0 aromatic carbocycles. The van der Waals surface area contributed by atoms with Crippen LogP contribution in [-0.2, 0) is 0 Å². The van der Waals surface area contributed by atoms with Gasteiger partial charge in [-0.15, -0.1) is 0 Å². The van der Waals surface area contributed by atoms with Crippen molar-refractivity contribution in [2.24, 2.45) is 5.92 Å². The summed E-state index contributed by atoms with van der Waals surface area (Å²) < 4.78 is 0. The summed E-state index contributed by atoms with van der Waals surface area (Å²) >= 11 is 0. The predicted octanol–water partition coefficient (Wildman–Crippen LogP) is 0.252. The molecule has 0 saturated carbocycles. The molecule has 0 amide bonds. The summed E-state index contributed by atoms with van der Waals surface area (Å²) in [4.78, 5) is 4.98. The first-order valence-corrected chi connectivity index (χ1v) is 4.18. The Morgan fingerprint density at radius 3 is 2.10 bits per heavy atom. The highest BCUT2D eigenvalue weighted by Crippen LogP contribution is 2.22. The third-order valence-electron chi connectivity index (χ3n) is 2.65. The van der Waals surface area contributed by atoms with Crippen LogP contribution in [0, 0.1) is 5.92 Å². The van der Waals surface area contributed by atoms with Crippen LogP contribution in [0.1, 0.15) is 6.92 Å². The minimum atomic E-state index is 0.904. The summed E-state index contributed by atoms with van der Waals surface area (Å²) in [6.45, 7) is 7.62. The molecule has 0 unspecified atom stereocenters. The molecule has 58 valence electrons. The Morgan fingerprint density at radius 1 is 1.10 bits per heavy atom. The van der Waals surface area contributed by atoms with Gasteiger partial charge in [0, 0.05) is 32.2 Å². The fraction of sp³-hybridized carbons (Fsp3) is 1.00. The van der Waals surface area contributed by atoms with E-state index in [1.165, 1.54) is 26.2 Å². The average Bonchev–Trinajstić information content (AvgIpc) is 1.74. The molecule has 0 N–H and O–H groups in total. The van der Waals surface area contributed by atoms with Crippen LogP contribution in [0.3, 0.4) is 0 Å². The zero-order chi connectivity index (χ0) is 7.14. The monoisotopic (exact) mass is 140 g/mol. The van der Waals surface area contributed by atoms with E-state index >= 15 is 0 Å². The van der Waals surface area contributed by atoms with E-state index < -0.39 is 0 Å². The van der Waals surface area contributed by atoms with Crippen molar-refractivity contribution < 1.29 is 0 Å². The molecule has 0 aliphatic carbocycles. The first kappa shape index (κ1) is 6.62. The summed E-state index contributed by atoms with van der Waals surface area (Å²) in [5, 5.41) is 0. The standard InChI is InChI=1S/C8H16N2/c1-7-3-10(4-7)8-5-9(2)6-8/h7-8H,3-6H2,1-2H3. The molecule has 2 heterocycles. The topological polar surface area (TPSA) is 6.48 Å². The van der Waals surface area contributed by atoms with Crippen molar-refractivity contribution in [3.8, 4) is 0 Å². The Kier molecular flexibility index (Phi) is 1.46. The molecule has 0 radical (unpaired) electrons. The normalized spacial score (nSPS) is 31.8. The number of rotatable bonds is 1. The maximum absolute atomic E-state index is 2.60. The third kappa shape index (κ3) is 0.956. The van der Waals surface area contributed by atoms with Crippen LogP contribution in [0.25, 0.3) is 0 Å². The first-order chi connectivity index (χ1) is 4.75. The van der Waals surface area contributed by atoms with Crippen LogP contribution >= 0.6 is 0 Å². The lowest BCUT2D eigenvalue weighted by Gasteiger charge is -2.50. The van der Waals surface area contributed by atoms with Gasteiger partial charge in [0.1, 0.15) is 0 Å². The molecule has 0 aromatic heterocycles. The summed E-state index contributed by atoms with van der Waals surface area (Å²) in [5.41, 5.74) is 0. The molecule has 2 rings (SSSR count). The highest BCUT2D eigenvalue weighted by atomic mass is 15.3. The van der Waals surface area contributed by atoms with Gasteiger partial charge in [-0.25, -0.2) is 0 Å². The van der Waals surface area contributed by atoms with Gasteiger partial charge in [-0.3, -0.25) is 4.90 Å². The Morgan fingerprint density at radius 2 is 1.70 bits per heavy atom. The zero-order valence-electron chi connectivity index (χ0n) is 6.88. The van der Waals surface area contributed by atoms with Gasteiger partial charge in [-0.05, 0) is 13.0 Å². The predicted molar refractivity (Wildman–Crippen MR) is 42.0 cm³/mol. The molecular formula is C8H16N2. The highest BCUT2D eigenvalue weighted by molar-refractivity contribution is 4.91. The summed E-state index contributed by atoms with van der Waals surface area (Å²) in [7, 11) is 2.19. The van der Waals surface area contributed by atoms with E-state index in [0.29, 0.717) is 0 Å². The minimum Gasteiger partial charge on any atom is -0.303 e. The van der Waals surface area contributed by atoms with Crippen molar-refractivity contribution >= 4 is 0 Å². The van der Waals surface area contributed by atoms with E-state index in [4.69, 9.17) is 0 Å². The van der Waals surface area contributed by atoms with E-state index in [0.717, 1.165) is 12.0 Å². The van der Waals surface area contributed by atoms with Crippen LogP contribution < -0.4 is 0 Å². The molecule has 0 aromatic rings. The second kappa shape index (κ2) is 2.21. The zero-order valence-corrected chi connectivity index (χ0v) is 6.88. The molecule has 2 fully saturated rings. The van der Waals surface area contributed by atoms with Crippen LogP contribution in [0.5, 0.6) is 0 Å². The fourth-order valence-corrected chi connectivity index (χ4v) is 1.94. The van der Waals surface area contributed by atoms with Crippen molar-refractivity contribution in [3.05, 3.63) is 0 Å². The molecule has 0 atom stereocenters. The maximum atomic E-state index is 2.60. The largest absolute Gasteiger partial charge is 0.303 e. The summed E-state index contributed by atoms with van der Waals surface area (Å²) in [6, 6.07) is 0.904. The van der Waals surface area contributed by atoms with Gasteiger partial charge in [0.2, 0.25) is 0 Å². The van der Waals surface area contributed by atoms with Crippen molar-refractivity contribution in [2.75, 3.05) is 33.2 Å². The van der Waals surface area contributed by atoms with E-state index in [-0.39, 0.29) is 0 Å². The van der Waals surface area contributed by atoms with E-state index in [2.05, 4.69) is 23.8 Å². The minimum absolute atomic E-state index is 0.904. The van der Waals surface area contributed by atoms with Gasteiger partial charge >= 0.3 is 0 Å². The highest BCUT2D eigenvalue weighted by Gasteiger charge is 2.35. The molecule has 2 nitrogen and oxygen atoms in total. The molecule has 2 heteroatoms. The van der Waals surface area contributed by atoms with E-state index in [1.807, 2.05) is 0 Å². The van der Waals surface area contributed by atoms with E-state index in [1.54, 1.807) is 0 Å². The quantitative estimate of drug-likeness (QED) is 0.515. The number of likely N-dealkylation sites (N-methyl/N-ethyl adjacent to an activating group) is 1. The van der Waals surface area contributed by atoms with Gasteiger partial charge in [-0.2, -0.15) is 0 Å². The lowest BCUT2D eigenvalue weighted by Crippen LogP contribution is -2.63. The Hall–Kier alpha value is -0.0800. The van der Waals surface area contributed by atoms with Crippen LogP contribution in [0.4, 0.5) is 0 Å². The average molecular weight is 140 g/mol. The number of nitrogens with zero attached hydrogens (tertiary/aromatic N) is 2. The Labute approximate surface area is 62.8 Å². The molecule has 0 bridgehead atoms. The Bertz CT molecular complexity index is 107. The molecule has 2 saturated heterocycles. The van der Waals surface area contributed by atoms with Crippen molar-refractivity contribution in [2.45, 2.75) is 13.0 Å². The number of hydrogen-bond donors (Lipinski definition) is 0. The molecule has 0 spiro atoms. The van der Waals surface area contributed by atoms with Gasteiger partial charge < -0.3 is 4.90 Å². The lowest BCUT2D eigenvalue weighted by atomic mass is 9.96. The third-order valence-corrected chi connectivity index (χ3v) is 2.65. The summed E-state index contributed by atoms with van der Waals surface area (Å²) in [6.07, 6.45) is 0. The summed E-state index contributed by atoms with van der Waals surface area (Å²) in [5.74, 6) is 0.964. The number of hydrogen-bond acceptors (Lipinski definition) is 2. The molecule has 10 heavy (non-hydrogen) atoms. The smallest absolute Gasteiger partial charge is 0.0350 e.